The van der Waals surface area contributed by atoms with E-state index in [4.69, 9.17) is 10.5 Å². The number of ether oxygens (including phenoxy) is 1. The number of carbonyl (C=O) groups excluding carboxylic acids is 1. The number of aryl methyl sites for hydroxylation is 1. The van der Waals surface area contributed by atoms with Crippen LogP contribution in [0.25, 0.3) is 0 Å². The van der Waals surface area contributed by atoms with Crippen molar-refractivity contribution in [1.29, 1.82) is 0 Å². The average Bonchev–Trinajstić information content (AvgIpc) is 2.26. The fraction of sp³-hybridized carbons (Fsp3) is 0.364. The summed E-state index contributed by atoms with van der Waals surface area (Å²) in [5, 5.41) is 0. The number of hydrogen-bond donors (Lipinski definition) is 1. The van der Waals surface area contributed by atoms with Gasteiger partial charge in [-0.15, -0.1) is 0 Å². The summed E-state index contributed by atoms with van der Waals surface area (Å²) in [5.74, 6) is 0.712. The van der Waals surface area contributed by atoms with Crippen LogP contribution in [0.15, 0.2) is 18.2 Å². The molecule has 0 aliphatic rings. The van der Waals surface area contributed by atoms with Gasteiger partial charge in [-0.2, -0.15) is 0 Å². The molecule has 0 aromatic heterocycles. The Morgan fingerprint density at radius 2 is 2.29 bits per heavy atom. The van der Waals surface area contributed by atoms with Crippen LogP contribution in [0, 0.1) is 0 Å². The Hall–Kier alpha value is -1.35. The van der Waals surface area contributed by atoms with Crippen LogP contribution >= 0.6 is 0 Å². The number of hydrogen-bond acceptors (Lipinski definition) is 3. The summed E-state index contributed by atoms with van der Waals surface area (Å²) in [5.41, 5.74) is 7.14. The second-order valence-corrected chi connectivity index (χ2v) is 3.07. The first-order chi connectivity index (χ1) is 6.81. The van der Waals surface area contributed by atoms with Gasteiger partial charge in [0.05, 0.1) is 7.11 Å². The van der Waals surface area contributed by atoms with Crippen molar-refractivity contribution in [1.82, 2.24) is 0 Å². The highest BCUT2D eigenvalue weighted by Gasteiger charge is 2.02. The quantitative estimate of drug-likeness (QED) is 0.719. The summed E-state index contributed by atoms with van der Waals surface area (Å²) >= 11 is 0. The largest absolute Gasteiger partial charge is 0.497 e. The Morgan fingerprint density at radius 3 is 2.86 bits per heavy atom. The normalized spacial score (nSPS) is 9.86. The van der Waals surface area contributed by atoms with Crippen LogP contribution in [0.3, 0.4) is 0 Å². The monoisotopic (exact) mass is 193 g/mol. The van der Waals surface area contributed by atoms with E-state index in [0.717, 1.165) is 24.7 Å². The predicted molar refractivity (Wildman–Crippen MR) is 55.8 cm³/mol. The van der Waals surface area contributed by atoms with Crippen molar-refractivity contribution in [3.63, 3.8) is 0 Å². The lowest BCUT2D eigenvalue weighted by Crippen LogP contribution is -2.02. The van der Waals surface area contributed by atoms with Gasteiger partial charge in [-0.1, -0.05) is 6.07 Å². The molecule has 0 saturated heterocycles. The van der Waals surface area contributed by atoms with E-state index in [2.05, 4.69) is 0 Å². The Bertz CT molecular complexity index is 310. The predicted octanol–water partition coefficient (Wildman–Crippen LogP) is 1.40. The molecule has 0 heterocycles. The summed E-state index contributed by atoms with van der Waals surface area (Å²) in [6, 6.07) is 5.52. The SMILES string of the molecule is COc1ccc(CCCN)c(C=O)c1. The van der Waals surface area contributed by atoms with E-state index in [1.54, 1.807) is 13.2 Å². The van der Waals surface area contributed by atoms with Gasteiger partial charge in [0.1, 0.15) is 12.0 Å². The summed E-state index contributed by atoms with van der Waals surface area (Å²) in [6.07, 6.45) is 2.59. The van der Waals surface area contributed by atoms with Gasteiger partial charge in [-0.25, -0.2) is 0 Å². The average molecular weight is 193 g/mol. The van der Waals surface area contributed by atoms with Crippen molar-refractivity contribution in [2.24, 2.45) is 5.73 Å². The third-order valence-corrected chi connectivity index (χ3v) is 2.13. The maximum absolute atomic E-state index is 10.8. The van der Waals surface area contributed by atoms with Gasteiger partial charge in [0.15, 0.2) is 0 Å². The second kappa shape index (κ2) is 5.40. The van der Waals surface area contributed by atoms with E-state index >= 15 is 0 Å². The maximum Gasteiger partial charge on any atom is 0.150 e. The topological polar surface area (TPSA) is 52.3 Å². The smallest absolute Gasteiger partial charge is 0.150 e. The van der Waals surface area contributed by atoms with Gasteiger partial charge in [-0.05, 0) is 37.1 Å². The molecule has 0 spiro atoms. The van der Waals surface area contributed by atoms with Crippen molar-refractivity contribution in [2.75, 3.05) is 13.7 Å². The first-order valence-electron chi connectivity index (χ1n) is 4.64. The highest BCUT2D eigenvalue weighted by atomic mass is 16.5. The van der Waals surface area contributed by atoms with Gasteiger partial charge in [0.2, 0.25) is 0 Å². The molecular weight excluding hydrogens is 178 g/mol. The molecule has 0 fully saturated rings. The molecule has 3 heteroatoms. The molecular formula is C11H15NO2. The molecule has 0 aliphatic carbocycles. The Morgan fingerprint density at radius 1 is 1.50 bits per heavy atom. The number of benzene rings is 1. The molecule has 14 heavy (non-hydrogen) atoms. The van der Waals surface area contributed by atoms with Crippen LogP contribution in [0.1, 0.15) is 22.3 Å². The second-order valence-electron chi connectivity index (χ2n) is 3.07. The highest BCUT2D eigenvalue weighted by Crippen LogP contribution is 2.17. The number of aldehydes is 1. The van der Waals surface area contributed by atoms with Crippen molar-refractivity contribution in [3.05, 3.63) is 29.3 Å². The number of nitrogens with two attached hydrogens (primary N) is 1. The van der Waals surface area contributed by atoms with Crippen LogP contribution in [-0.2, 0) is 6.42 Å². The van der Waals surface area contributed by atoms with Crippen molar-refractivity contribution >= 4 is 6.29 Å². The minimum Gasteiger partial charge on any atom is -0.497 e. The van der Waals surface area contributed by atoms with E-state index in [1.165, 1.54) is 0 Å². The zero-order valence-corrected chi connectivity index (χ0v) is 8.32. The first-order valence-corrected chi connectivity index (χ1v) is 4.64. The zero-order chi connectivity index (χ0) is 10.4. The molecule has 0 radical (unpaired) electrons. The van der Waals surface area contributed by atoms with Crippen LogP contribution in [-0.4, -0.2) is 19.9 Å². The van der Waals surface area contributed by atoms with Gasteiger partial charge >= 0.3 is 0 Å². The van der Waals surface area contributed by atoms with Gasteiger partial charge in [0, 0.05) is 5.56 Å². The van der Waals surface area contributed by atoms with Crippen LogP contribution in [0.5, 0.6) is 5.75 Å². The lowest BCUT2D eigenvalue weighted by atomic mass is 10.0. The fourth-order valence-electron chi connectivity index (χ4n) is 1.33. The standard InChI is InChI=1S/C11H15NO2/c1-14-11-5-4-9(3-2-6-12)10(7-11)8-13/h4-5,7-8H,2-3,6,12H2,1H3. The van der Waals surface area contributed by atoms with Crippen LogP contribution in [0.4, 0.5) is 0 Å². The van der Waals surface area contributed by atoms with Gasteiger partial charge < -0.3 is 10.5 Å². The highest BCUT2D eigenvalue weighted by molar-refractivity contribution is 5.78. The molecule has 1 aromatic rings. The van der Waals surface area contributed by atoms with Crippen molar-refractivity contribution in [2.45, 2.75) is 12.8 Å². The maximum atomic E-state index is 10.8. The molecule has 1 aromatic carbocycles. The molecule has 76 valence electrons. The molecule has 0 atom stereocenters. The van der Waals surface area contributed by atoms with Gasteiger partial charge in [0.25, 0.3) is 0 Å². The van der Waals surface area contributed by atoms with Crippen molar-refractivity contribution < 1.29 is 9.53 Å². The fourth-order valence-corrected chi connectivity index (χ4v) is 1.33. The first kappa shape index (κ1) is 10.7. The molecule has 0 unspecified atom stereocenters. The third-order valence-electron chi connectivity index (χ3n) is 2.13. The molecule has 0 aliphatic heterocycles. The summed E-state index contributed by atoms with van der Waals surface area (Å²) < 4.78 is 5.03. The third kappa shape index (κ3) is 2.57. The minimum absolute atomic E-state index is 0.643. The molecule has 1 rings (SSSR count). The van der Waals surface area contributed by atoms with Crippen LogP contribution in [0.2, 0.25) is 0 Å². The van der Waals surface area contributed by atoms with E-state index in [0.29, 0.717) is 17.9 Å². The Kier molecular flexibility index (Phi) is 4.13. The Labute approximate surface area is 83.9 Å². The summed E-state index contributed by atoms with van der Waals surface area (Å²) in [4.78, 5) is 10.8. The number of rotatable bonds is 5. The van der Waals surface area contributed by atoms with Crippen LogP contribution < -0.4 is 10.5 Å². The van der Waals surface area contributed by atoms with E-state index < -0.39 is 0 Å². The summed E-state index contributed by atoms with van der Waals surface area (Å²) in [6.45, 7) is 0.643. The molecule has 0 saturated carbocycles. The van der Waals surface area contributed by atoms with Gasteiger partial charge in [-0.3, -0.25) is 4.79 Å². The minimum atomic E-state index is 0.643. The molecule has 0 amide bonds. The lowest BCUT2D eigenvalue weighted by molar-refractivity contribution is 0.112. The molecule has 3 nitrogen and oxygen atoms in total. The van der Waals surface area contributed by atoms with E-state index in [1.807, 2.05) is 12.1 Å². The number of carbonyl (C=O) groups is 1. The van der Waals surface area contributed by atoms with E-state index in [-0.39, 0.29) is 0 Å². The lowest BCUT2D eigenvalue weighted by Gasteiger charge is -2.06. The zero-order valence-electron chi connectivity index (χ0n) is 8.32. The summed E-state index contributed by atoms with van der Waals surface area (Å²) in [7, 11) is 1.59. The number of methoxy groups -OCH3 is 1. The van der Waals surface area contributed by atoms with Crippen molar-refractivity contribution in [3.8, 4) is 5.75 Å². The Balaban J connectivity index is 2.87. The molecule has 0 bridgehead atoms. The molecule has 2 N–H and O–H groups in total. The van der Waals surface area contributed by atoms with E-state index in [9.17, 15) is 4.79 Å².